The van der Waals surface area contributed by atoms with E-state index in [4.69, 9.17) is 4.43 Å². The second-order valence-electron chi connectivity index (χ2n) is 8.06. The van der Waals surface area contributed by atoms with E-state index in [1.54, 1.807) is 0 Å². The standard InChI is InChI=1S/C18H31NOSi/c1-16(2,3)21-20-17(4,5)18(11-13-19-14-12-18)15-9-7-6-8-10-15/h6-10,19H,11-14,21H2,1-5H3. The summed E-state index contributed by atoms with van der Waals surface area (Å²) in [6.07, 6.45) is 2.31. The van der Waals surface area contributed by atoms with Crippen molar-refractivity contribution in [3.63, 3.8) is 0 Å². The number of rotatable bonds is 4. The van der Waals surface area contributed by atoms with E-state index in [2.05, 4.69) is 70.3 Å². The Balaban J connectivity index is 2.31. The maximum Gasteiger partial charge on any atom is 0.167 e. The van der Waals surface area contributed by atoms with E-state index in [1.165, 1.54) is 5.56 Å². The molecule has 0 saturated carbocycles. The van der Waals surface area contributed by atoms with Gasteiger partial charge < -0.3 is 9.74 Å². The molecule has 0 aromatic heterocycles. The Kier molecular flexibility index (Phi) is 4.96. The first-order chi connectivity index (χ1) is 9.77. The normalized spacial score (nSPS) is 20.0. The van der Waals surface area contributed by atoms with E-state index < -0.39 is 9.76 Å². The van der Waals surface area contributed by atoms with Crippen molar-refractivity contribution < 1.29 is 4.43 Å². The molecule has 1 aliphatic rings. The summed E-state index contributed by atoms with van der Waals surface area (Å²) < 4.78 is 6.60. The van der Waals surface area contributed by atoms with E-state index in [-0.39, 0.29) is 11.0 Å². The molecule has 0 spiro atoms. The second-order valence-corrected chi connectivity index (χ2v) is 10.8. The molecule has 1 aromatic carbocycles. The van der Waals surface area contributed by atoms with Crippen LogP contribution in [0.25, 0.3) is 0 Å². The predicted molar refractivity (Wildman–Crippen MR) is 93.6 cm³/mol. The van der Waals surface area contributed by atoms with E-state index in [1.807, 2.05) is 0 Å². The van der Waals surface area contributed by atoms with E-state index in [0.717, 1.165) is 25.9 Å². The lowest BCUT2D eigenvalue weighted by Crippen LogP contribution is -2.55. The minimum atomic E-state index is -0.562. The number of nitrogens with one attached hydrogen (secondary N) is 1. The zero-order chi connectivity index (χ0) is 15.6. The molecule has 2 rings (SSSR count). The minimum Gasteiger partial charge on any atom is -0.418 e. The molecular weight excluding hydrogens is 274 g/mol. The van der Waals surface area contributed by atoms with Crippen LogP contribution in [-0.4, -0.2) is 28.5 Å². The largest absolute Gasteiger partial charge is 0.418 e. The Labute approximate surface area is 132 Å². The van der Waals surface area contributed by atoms with Gasteiger partial charge in [0, 0.05) is 5.41 Å². The van der Waals surface area contributed by atoms with Crippen LogP contribution in [0.5, 0.6) is 0 Å². The zero-order valence-electron chi connectivity index (χ0n) is 14.3. The number of hydrogen-bond acceptors (Lipinski definition) is 2. The molecule has 118 valence electrons. The van der Waals surface area contributed by atoms with Crippen molar-refractivity contribution in [3.8, 4) is 0 Å². The molecule has 0 unspecified atom stereocenters. The molecule has 1 saturated heterocycles. The summed E-state index contributed by atoms with van der Waals surface area (Å²) in [6, 6.07) is 11.0. The van der Waals surface area contributed by atoms with Gasteiger partial charge in [-0.15, -0.1) is 0 Å². The summed E-state index contributed by atoms with van der Waals surface area (Å²) in [4.78, 5) is 0. The quantitative estimate of drug-likeness (QED) is 0.861. The van der Waals surface area contributed by atoms with Crippen molar-refractivity contribution in [1.82, 2.24) is 5.32 Å². The first-order valence-electron chi connectivity index (χ1n) is 8.17. The lowest BCUT2D eigenvalue weighted by atomic mass is 9.63. The highest BCUT2D eigenvalue weighted by Crippen LogP contribution is 2.45. The number of benzene rings is 1. The van der Waals surface area contributed by atoms with Crippen molar-refractivity contribution in [1.29, 1.82) is 0 Å². The third-order valence-electron chi connectivity index (χ3n) is 4.80. The molecule has 1 aliphatic heterocycles. The predicted octanol–water partition coefficient (Wildman–Crippen LogP) is 3.41. The zero-order valence-corrected chi connectivity index (χ0v) is 15.7. The van der Waals surface area contributed by atoms with Gasteiger partial charge in [-0.05, 0) is 50.4 Å². The summed E-state index contributed by atoms with van der Waals surface area (Å²) in [5.41, 5.74) is 1.48. The number of hydrogen-bond donors (Lipinski definition) is 1. The van der Waals surface area contributed by atoms with E-state index >= 15 is 0 Å². The summed E-state index contributed by atoms with van der Waals surface area (Å²) >= 11 is 0. The molecular formula is C18H31NOSi. The average Bonchev–Trinajstić information content (AvgIpc) is 2.46. The Bertz CT molecular complexity index is 444. The van der Waals surface area contributed by atoms with Gasteiger partial charge in [-0.3, -0.25) is 0 Å². The molecule has 3 heteroatoms. The fourth-order valence-electron chi connectivity index (χ4n) is 3.38. The monoisotopic (exact) mass is 305 g/mol. The Morgan fingerprint density at radius 1 is 1.00 bits per heavy atom. The van der Waals surface area contributed by atoms with Gasteiger partial charge in [0.15, 0.2) is 9.76 Å². The van der Waals surface area contributed by atoms with Crippen molar-refractivity contribution in [2.24, 2.45) is 0 Å². The van der Waals surface area contributed by atoms with Gasteiger partial charge in [-0.2, -0.15) is 0 Å². The molecule has 0 amide bonds. The van der Waals surface area contributed by atoms with Crippen LogP contribution in [0.1, 0.15) is 53.0 Å². The number of piperidine rings is 1. The fourth-order valence-corrected chi connectivity index (χ4v) is 4.45. The van der Waals surface area contributed by atoms with Gasteiger partial charge in [0.05, 0.1) is 5.60 Å². The highest BCUT2D eigenvalue weighted by atomic mass is 28.2. The van der Waals surface area contributed by atoms with Crippen LogP contribution < -0.4 is 5.32 Å². The summed E-state index contributed by atoms with van der Waals surface area (Å²) in [5, 5.41) is 3.84. The molecule has 0 atom stereocenters. The molecule has 0 radical (unpaired) electrons. The second kappa shape index (κ2) is 6.23. The Morgan fingerprint density at radius 3 is 2.10 bits per heavy atom. The van der Waals surface area contributed by atoms with Crippen molar-refractivity contribution in [3.05, 3.63) is 35.9 Å². The van der Waals surface area contributed by atoms with Crippen LogP contribution in [0.4, 0.5) is 0 Å². The van der Waals surface area contributed by atoms with Gasteiger partial charge in [0.2, 0.25) is 0 Å². The Hall–Kier alpha value is -0.643. The van der Waals surface area contributed by atoms with Crippen LogP contribution in [-0.2, 0) is 9.84 Å². The molecule has 2 nitrogen and oxygen atoms in total. The highest BCUT2D eigenvalue weighted by molar-refractivity contribution is 6.31. The minimum absolute atomic E-state index is 0.101. The van der Waals surface area contributed by atoms with Gasteiger partial charge >= 0.3 is 0 Å². The lowest BCUT2D eigenvalue weighted by Gasteiger charge is -2.50. The third kappa shape index (κ3) is 3.76. The smallest absolute Gasteiger partial charge is 0.167 e. The van der Waals surface area contributed by atoms with Gasteiger partial charge in [0.25, 0.3) is 0 Å². The average molecular weight is 306 g/mol. The summed E-state index contributed by atoms with van der Waals surface area (Å²) in [6.45, 7) is 13.7. The summed E-state index contributed by atoms with van der Waals surface area (Å²) in [5.74, 6) is 0. The Morgan fingerprint density at radius 2 is 1.57 bits per heavy atom. The van der Waals surface area contributed by atoms with Gasteiger partial charge in [0.1, 0.15) is 0 Å². The molecule has 1 heterocycles. The lowest BCUT2D eigenvalue weighted by molar-refractivity contribution is -0.000448. The molecule has 0 bridgehead atoms. The fraction of sp³-hybridized carbons (Fsp3) is 0.667. The van der Waals surface area contributed by atoms with Gasteiger partial charge in [-0.25, -0.2) is 0 Å². The topological polar surface area (TPSA) is 21.3 Å². The highest BCUT2D eigenvalue weighted by Gasteiger charge is 2.47. The van der Waals surface area contributed by atoms with E-state index in [0.29, 0.717) is 5.04 Å². The van der Waals surface area contributed by atoms with Crippen molar-refractivity contribution >= 4 is 9.76 Å². The van der Waals surface area contributed by atoms with Crippen molar-refractivity contribution in [2.75, 3.05) is 13.1 Å². The molecule has 1 aromatic rings. The maximum absolute atomic E-state index is 6.60. The summed E-state index contributed by atoms with van der Waals surface area (Å²) in [7, 11) is -0.562. The molecule has 1 fully saturated rings. The molecule has 21 heavy (non-hydrogen) atoms. The maximum atomic E-state index is 6.60. The van der Waals surface area contributed by atoms with Crippen LogP contribution in [0.15, 0.2) is 30.3 Å². The van der Waals surface area contributed by atoms with Crippen LogP contribution in [0.2, 0.25) is 5.04 Å². The van der Waals surface area contributed by atoms with Crippen LogP contribution >= 0.6 is 0 Å². The van der Waals surface area contributed by atoms with Crippen molar-refractivity contribution in [2.45, 2.75) is 63.5 Å². The first kappa shape index (κ1) is 16.7. The van der Waals surface area contributed by atoms with Gasteiger partial charge in [-0.1, -0.05) is 51.1 Å². The molecule has 1 N–H and O–H groups in total. The van der Waals surface area contributed by atoms with Crippen LogP contribution in [0.3, 0.4) is 0 Å². The SMILES string of the molecule is CC(C)(C)[SiH2]OC(C)(C)C1(c2ccccc2)CCNCC1. The van der Waals surface area contributed by atoms with Crippen LogP contribution in [0, 0.1) is 0 Å². The van der Waals surface area contributed by atoms with E-state index in [9.17, 15) is 0 Å². The molecule has 0 aliphatic carbocycles. The third-order valence-corrected chi connectivity index (χ3v) is 6.53. The first-order valence-corrected chi connectivity index (χ1v) is 9.46.